The predicted octanol–water partition coefficient (Wildman–Crippen LogP) is 1.52. The van der Waals surface area contributed by atoms with Gasteiger partial charge in [0.05, 0.1) is 0 Å². The SMILES string of the molecule is CCN(CC)CCCNC(=O)N[C@@H](C(=O)O)C(C)(C)C. The highest BCUT2D eigenvalue weighted by Crippen LogP contribution is 2.19. The summed E-state index contributed by atoms with van der Waals surface area (Å²) in [4.78, 5) is 25.1. The van der Waals surface area contributed by atoms with Gasteiger partial charge in [0.15, 0.2) is 0 Å². The van der Waals surface area contributed by atoms with Crippen molar-refractivity contribution >= 4 is 12.0 Å². The highest BCUT2D eigenvalue weighted by molar-refractivity contribution is 5.83. The number of amides is 2. The van der Waals surface area contributed by atoms with Gasteiger partial charge in [-0.1, -0.05) is 34.6 Å². The third-order valence-corrected chi connectivity index (χ3v) is 3.22. The molecule has 3 N–H and O–H groups in total. The van der Waals surface area contributed by atoms with Crippen molar-refractivity contribution in [1.82, 2.24) is 15.5 Å². The van der Waals surface area contributed by atoms with Crippen LogP contribution in [0.4, 0.5) is 4.79 Å². The van der Waals surface area contributed by atoms with E-state index in [9.17, 15) is 9.59 Å². The second-order valence-corrected chi connectivity index (χ2v) is 5.92. The van der Waals surface area contributed by atoms with Crippen LogP contribution < -0.4 is 10.6 Å². The summed E-state index contributed by atoms with van der Waals surface area (Å²) in [6, 6.07) is -1.32. The molecule has 0 rings (SSSR count). The molecule has 0 unspecified atom stereocenters. The van der Waals surface area contributed by atoms with Crippen molar-refractivity contribution in [3.8, 4) is 0 Å². The standard InChI is InChI=1S/C14H29N3O3/c1-6-17(7-2)10-8-9-15-13(20)16-11(12(18)19)14(3,4)5/h11H,6-10H2,1-5H3,(H,18,19)(H2,15,16,20)/t11-/m0/s1. The summed E-state index contributed by atoms with van der Waals surface area (Å²) in [5.41, 5.74) is -0.523. The first-order valence-corrected chi connectivity index (χ1v) is 7.21. The molecule has 0 radical (unpaired) electrons. The van der Waals surface area contributed by atoms with E-state index in [0.717, 1.165) is 26.1 Å². The molecular weight excluding hydrogens is 258 g/mol. The molecule has 0 aliphatic carbocycles. The summed E-state index contributed by atoms with van der Waals surface area (Å²) in [7, 11) is 0. The van der Waals surface area contributed by atoms with Gasteiger partial charge in [-0.3, -0.25) is 0 Å². The first-order valence-electron chi connectivity index (χ1n) is 7.21. The molecule has 118 valence electrons. The zero-order valence-corrected chi connectivity index (χ0v) is 13.3. The van der Waals surface area contributed by atoms with Crippen molar-refractivity contribution in [1.29, 1.82) is 0 Å². The van der Waals surface area contributed by atoms with Gasteiger partial charge in [0.1, 0.15) is 6.04 Å². The quantitative estimate of drug-likeness (QED) is 0.591. The zero-order valence-electron chi connectivity index (χ0n) is 13.3. The summed E-state index contributed by atoms with van der Waals surface area (Å²) in [6.45, 7) is 13.0. The van der Waals surface area contributed by atoms with E-state index in [1.165, 1.54) is 0 Å². The highest BCUT2D eigenvalue weighted by Gasteiger charge is 2.32. The maximum Gasteiger partial charge on any atom is 0.326 e. The second kappa shape index (κ2) is 8.79. The fraction of sp³-hybridized carbons (Fsp3) is 0.857. The Morgan fingerprint density at radius 1 is 1.20 bits per heavy atom. The molecule has 20 heavy (non-hydrogen) atoms. The maximum atomic E-state index is 11.7. The van der Waals surface area contributed by atoms with Crippen LogP contribution in [0, 0.1) is 5.41 Å². The van der Waals surface area contributed by atoms with Crippen LogP contribution in [0.5, 0.6) is 0 Å². The van der Waals surface area contributed by atoms with Crippen molar-refractivity contribution in [2.24, 2.45) is 5.41 Å². The first-order chi connectivity index (χ1) is 9.22. The van der Waals surface area contributed by atoms with Gasteiger partial charge >= 0.3 is 12.0 Å². The lowest BCUT2D eigenvalue weighted by molar-refractivity contribution is -0.141. The molecule has 0 spiro atoms. The molecule has 6 heteroatoms. The third-order valence-electron chi connectivity index (χ3n) is 3.22. The van der Waals surface area contributed by atoms with E-state index in [0.29, 0.717) is 6.54 Å². The Labute approximate surface area is 121 Å². The molecule has 6 nitrogen and oxygen atoms in total. The first kappa shape index (κ1) is 18.7. The number of carboxylic acid groups (broad SMARTS) is 1. The molecular formula is C14H29N3O3. The number of carbonyl (C=O) groups excluding carboxylic acids is 1. The van der Waals surface area contributed by atoms with Gasteiger partial charge in [-0.25, -0.2) is 9.59 Å². The number of nitrogens with one attached hydrogen (secondary N) is 2. The van der Waals surface area contributed by atoms with E-state index in [1.807, 2.05) is 0 Å². The zero-order chi connectivity index (χ0) is 15.8. The van der Waals surface area contributed by atoms with Crippen molar-refractivity contribution < 1.29 is 14.7 Å². The Morgan fingerprint density at radius 3 is 2.15 bits per heavy atom. The van der Waals surface area contributed by atoms with Crippen molar-refractivity contribution in [3.05, 3.63) is 0 Å². The van der Waals surface area contributed by atoms with Crippen molar-refractivity contribution in [2.75, 3.05) is 26.2 Å². The lowest BCUT2D eigenvalue weighted by Gasteiger charge is -2.27. The van der Waals surface area contributed by atoms with Gasteiger partial charge in [0.2, 0.25) is 0 Å². The summed E-state index contributed by atoms with van der Waals surface area (Å²) >= 11 is 0. The van der Waals surface area contributed by atoms with E-state index in [1.54, 1.807) is 20.8 Å². The molecule has 0 fully saturated rings. The maximum absolute atomic E-state index is 11.7. The number of carbonyl (C=O) groups is 2. The number of aliphatic carboxylic acids is 1. The van der Waals surface area contributed by atoms with Gasteiger partial charge in [-0.05, 0) is 31.5 Å². The summed E-state index contributed by atoms with van der Waals surface area (Å²) < 4.78 is 0. The molecule has 0 aromatic rings. The van der Waals surface area contributed by atoms with Gasteiger partial charge < -0.3 is 20.6 Å². The molecule has 0 aromatic carbocycles. The van der Waals surface area contributed by atoms with E-state index in [4.69, 9.17) is 5.11 Å². The van der Waals surface area contributed by atoms with Crippen LogP contribution in [0.3, 0.4) is 0 Å². The van der Waals surface area contributed by atoms with Crippen LogP contribution >= 0.6 is 0 Å². The van der Waals surface area contributed by atoms with Crippen LogP contribution in [0.1, 0.15) is 41.0 Å². The minimum atomic E-state index is -1.02. The Bertz CT molecular complexity index is 309. The average Bonchev–Trinajstić information content (AvgIpc) is 2.34. The topological polar surface area (TPSA) is 81.7 Å². The highest BCUT2D eigenvalue weighted by atomic mass is 16.4. The van der Waals surface area contributed by atoms with Crippen LogP contribution in [-0.2, 0) is 4.79 Å². The lowest BCUT2D eigenvalue weighted by Crippen LogP contribution is -2.52. The minimum Gasteiger partial charge on any atom is -0.480 e. The van der Waals surface area contributed by atoms with Gasteiger partial charge in [0, 0.05) is 6.54 Å². The summed E-state index contributed by atoms with van der Waals surface area (Å²) in [5, 5.41) is 14.3. The van der Waals surface area contributed by atoms with E-state index in [-0.39, 0.29) is 0 Å². The van der Waals surface area contributed by atoms with E-state index >= 15 is 0 Å². The van der Waals surface area contributed by atoms with Crippen LogP contribution in [-0.4, -0.2) is 54.2 Å². The monoisotopic (exact) mass is 287 g/mol. The molecule has 0 saturated carbocycles. The molecule has 2 amide bonds. The summed E-state index contributed by atoms with van der Waals surface area (Å²) in [6.07, 6.45) is 0.850. The number of rotatable bonds is 8. The molecule has 0 aromatic heterocycles. The number of urea groups is 1. The number of hydrogen-bond donors (Lipinski definition) is 3. The Balaban J connectivity index is 4.07. The largest absolute Gasteiger partial charge is 0.480 e. The third kappa shape index (κ3) is 7.33. The average molecular weight is 287 g/mol. The molecule has 0 aliphatic rings. The van der Waals surface area contributed by atoms with Crippen LogP contribution in [0.2, 0.25) is 0 Å². The fourth-order valence-corrected chi connectivity index (χ4v) is 1.88. The normalized spacial score (nSPS) is 13.1. The number of hydrogen-bond acceptors (Lipinski definition) is 3. The molecule has 0 aliphatic heterocycles. The fourth-order valence-electron chi connectivity index (χ4n) is 1.88. The van der Waals surface area contributed by atoms with Gasteiger partial charge in [-0.2, -0.15) is 0 Å². The van der Waals surface area contributed by atoms with E-state index in [2.05, 4.69) is 29.4 Å². The van der Waals surface area contributed by atoms with Crippen molar-refractivity contribution in [3.63, 3.8) is 0 Å². The Hall–Kier alpha value is -1.30. The van der Waals surface area contributed by atoms with Gasteiger partial charge in [0.25, 0.3) is 0 Å². The second-order valence-electron chi connectivity index (χ2n) is 5.92. The molecule has 0 heterocycles. The number of carboxylic acids is 1. The van der Waals surface area contributed by atoms with Crippen LogP contribution in [0.25, 0.3) is 0 Å². The molecule has 1 atom stereocenters. The molecule has 0 saturated heterocycles. The minimum absolute atomic E-state index is 0.424. The Kier molecular flexibility index (Phi) is 8.22. The molecule has 0 bridgehead atoms. The Morgan fingerprint density at radius 2 is 1.75 bits per heavy atom. The predicted molar refractivity (Wildman–Crippen MR) is 79.8 cm³/mol. The van der Waals surface area contributed by atoms with Crippen LogP contribution in [0.15, 0.2) is 0 Å². The van der Waals surface area contributed by atoms with Gasteiger partial charge in [-0.15, -0.1) is 0 Å². The lowest BCUT2D eigenvalue weighted by atomic mass is 9.87. The number of nitrogens with zero attached hydrogens (tertiary/aromatic N) is 1. The van der Waals surface area contributed by atoms with E-state index < -0.39 is 23.5 Å². The smallest absolute Gasteiger partial charge is 0.326 e. The van der Waals surface area contributed by atoms with Crippen molar-refractivity contribution in [2.45, 2.75) is 47.1 Å². The summed E-state index contributed by atoms with van der Waals surface area (Å²) in [5.74, 6) is -1.02.